The van der Waals surface area contributed by atoms with Crippen LogP contribution < -0.4 is 0 Å². The minimum absolute atomic E-state index is 0.123. The summed E-state index contributed by atoms with van der Waals surface area (Å²) in [6.07, 6.45) is 4.64. The topological polar surface area (TPSA) is 26.3 Å². The van der Waals surface area contributed by atoms with E-state index in [0.717, 1.165) is 6.42 Å². The van der Waals surface area contributed by atoms with Crippen LogP contribution in [0.4, 0.5) is 0 Å². The van der Waals surface area contributed by atoms with Crippen molar-refractivity contribution in [1.29, 1.82) is 0 Å². The Labute approximate surface area is 41.8 Å². The van der Waals surface area contributed by atoms with Crippen molar-refractivity contribution >= 4 is 5.97 Å². The molecule has 0 aromatic rings. The summed E-state index contributed by atoms with van der Waals surface area (Å²) in [5.74, 6) is -0.123. The Balaban J connectivity index is 2.47. The Kier molecular flexibility index (Phi) is 1.11. The smallest absolute Gasteiger partial charge is 0.310 e. The number of cyclic esters (lactones) is 1. The molecule has 1 aliphatic rings. The van der Waals surface area contributed by atoms with Gasteiger partial charge in [0.25, 0.3) is 0 Å². The van der Waals surface area contributed by atoms with Crippen LogP contribution in [-0.4, -0.2) is 5.97 Å². The third-order valence-electron chi connectivity index (χ3n) is 0.811. The number of ether oxygens (including phenoxy) is 1. The second-order valence-corrected chi connectivity index (χ2v) is 1.40. The molecule has 0 unspecified atom stereocenters. The van der Waals surface area contributed by atoms with Gasteiger partial charge in [0.15, 0.2) is 0 Å². The summed E-state index contributed by atoms with van der Waals surface area (Å²) in [7, 11) is 0. The van der Waals surface area contributed by atoms with E-state index >= 15 is 0 Å². The molecule has 0 saturated heterocycles. The molecule has 38 valence electrons. The molecule has 0 bridgehead atoms. The number of esters is 1. The predicted octanol–water partition coefficient (Wildman–Crippen LogP) is 0.837. The Morgan fingerprint density at radius 3 is 2.86 bits per heavy atom. The first-order chi connectivity index (χ1) is 3.39. The van der Waals surface area contributed by atoms with Crippen molar-refractivity contribution in [2.75, 3.05) is 0 Å². The zero-order chi connectivity index (χ0) is 5.11. The first kappa shape index (κ1) is 4.37. The Hall–Kier alpha value is -0.790. The van der Waals surface area contributed by atoms with Crippen LogP contribution in [0, 0.1) is 0 Å². The van der Waals surface area contributed by atoms with E-state index in [1.165, 1.54) is 6.26 Å². The highest BCUT2D eigenvalue weighted by Crippen LogP contribution is 2.00. The van der Waals surface area contributed by atoms with Crippen LogP contribution >= 0.6 is 0 Å². The van der Waals surface area contributed by atoms with Crippen LogP contribution in [0.3, 0.4) is 0 Å². The van der Waals surface area contributed by atoms with Crippen molar-refractivity contribution in [2.45, 2.75) is 12.8 Å². The monoisotopic (exact) mass is 98.0 g/mol. The molecule has 0 N–H and O–H groups in total. The average Bonchev–Trinajstić information content (AvgIpc) is 1.69. The van der Waals surface area contributed by atoms with E-state index in [2.05, 4.69) is 4.74 Å². The number of hydrogen-bond acceptors (Lipinski definition) is 2. The highest BCUT2D eigenvalue weighted by atomic mass is 16.5. The summed E-state index contributed by atoms with van der Waals surface area (Å²) in [5.41, 5.74) is 0. The second-order valence-electron chi connectivity index (χ2n) is 1.40. The average molecular weight is 98.1 g/mol. The van der Waals surface area contributed by atoms with E-state index in [9.17, 15) is 4.79 Å². The number of hydrogen-bond donors (Lipinski definition) is 0. The van der Waals surface area contributed by atoms with Gasteiger partial charge in [0.1, 0.15) is 0 Å². The lowest BCUT2D eigenvalue weighted by atomic mass is 10.3. The maximum atomic E-state index is 10.2. The summed E-state index contributed by atoms with van der Waals surface area (Å²) in [5, 5.41) is 0. The molecule has 0 aromatic carbocycles. The Morgan fingerprint density at radius 1 is 1.71 bits per heavy atom. The normalized spacial score (nSPS) is 19.1. The fraction of sp³-hybridized carbons (Fsp3) is 0.400. The number of carbonyl (C=O) groups is 1. The zero-order valence-corrected chi connectivity index (χ0v) is 3.89. The Bertz CT molecular complexity index is 105. The van der Waals surface area contributed by atoms with E-state index in [4.69, 9.17) is 0 Å². The summed E-state index contributed by atoms with van der Waals surface area (Å²) in [6, 6.07) is 0. The molecular weight excluding hydrogens is 92.1 g/mol. The molecule has 0 fully saturated rings. The highest BCUT2D eigenvalue weighted by Gasteiger charge is 2.01. The van der Waals surface area contributed by atoms with Crippen LogP contribution in [0.2, 0.25) is 0 Å². The molecule has 0 aromatic heterocycles. The van der Waals surface area contributed by atoms with Gasteiger partial charge >= 0.3 is 5.97 Å². The van der Waals surface area contributed by atoms with Gasteiger partial charge in [-0.1, -0.05) is 0 Å². The standard InChI is InChI=1S/C5H6O2/c6-5-3-1-2-4-7-5/h2,4H,1,3H2. The number of rotatable bonds is 0. The van der Waals surface area contributed by atoms with Crippen LogP contribution in [-0.2, 0) is 9.53 Å². The molecule has 2 heteroatoms. The second kappa shape index (κ2) is 1.78. The largest absolute Gasteiger partial charge is 0.435 e. The van der Waals surface area contributed by atoms with Crippen molar-refractivity contribution in [3.05, 3.63) is 12.3 Å². The molecule has 1 heterocycles. The lowest BCUT2D eigenvalue weighted by Crippen LogP contribution is -2.01. The van der Waals surface area contributed by atoms with E-state index < -0.39 is 0 Å². The van der Waals surface area contributed by atoms with Gasteiger partial charge in [-0.3, -0.25) is 4.79 Å². The SMILES string of the molecule is O=C1CCC=CO1. The molecule has 7 heavy (non-hydrogen) atoms. The molecule has 0 amide bonds. The Morgan fingerprint density at radius 2 is 2.57 bits per heavy atom. The summed E-state index contributed by atoms with van der Waals surface area (Å²) in [6.45, 7) is 0. The first-order valence-corrected chi connectivity index (χ1v) is 2.24. The van der Waals surface area contributed by atoms with Crippen molar-refractivity contribution in [3.63, 3.8) is 0 Å². The van der Waals surface area contributed by atoms with Crippen molar-refractivity contribution in [1.82, 2.24) is 0 Å². The van der Waals surface area contributed by atoms with Gasteiger partial charge < -0.3 is 4.74 Å². The third-order valence-corrected chi connectivity index (χ3v) is 0.811. The van der Waals surface area contributed by atoms with Crippen LogP contribution in [0.25, 0.3) is 0 Å². The van der Waals surface area contributed by atoms with Crippen LogP contribution in [0.15, 0.2) is 12.3 Å². The summed E-state index contributed by atoms with van der Waals surface area (Å²) < 4.78 is 4.46. The van der Waals surface area contributed by atoms with Crippen LogP contribution in [0.5, 0.6) is 0 Å². The first-order valence-electron chi connectivity index (χ1n) is 2.24. The van der Waals surface area contributed by atoms with E-state index in [-0.39, 0.29) is 5.97 Å². The number of allylic oxidation sites excluding steroid dienone is 1. The van der Waals surface area contributed by atoms with E-state index in [1.54, 1.807) is 0 Å². The lowest BCUT2D eigenvalue weighted by molar-refractivity contribution is -0.138. The molecule has 0 atom stereocenters. The predicted molar refractivity (Wildman–Crippen MR) is 24.5 cm³/mol. The maximum absolute atomic E-state index is 10.2. The van der Waals surface area contributed by atoms with Crippen molar-refractivity contribution in [3.8, 4) is 0 Å². The maximum Gasteiger partial charge on any atom is 0.310 e. The molecule has 1 rings (SSSR count). The van der Waals surface area contributed by atoms with Gasteiger partial charge in [-0.15, -0.1) is 0 Å². The molecule has 0 saturated carbocycles. The summed E-state index contributed by atoms with van der Waals surface area (Å²) >= 11 is 0. The lowest BCUT2D eigenvalue weighted by Gasteiger charge is -1.99. The van der Waals surface area contributed by atoms with Gasteiger partial charge in [-0.05, 0) is 12.5 Å². The molecular formula is C5H6O2. The minimum Gasteiger partial charge on any atom is -0.435 e. The van der Waals surface area contributed by atoms with Gasteiger partial charge in [0, 0.05) is 6.42 Å². The highest BCUT2D eigenvalue weighted by molar-refractivity contribution is 5.70. The molecule has 0 aliphatic carbocycles. The van der Waals surface area contributed by atoms with Gasteiger partial charge in [0.2, 0.25) is 0 Å². The van der Waals surface area contributed by atoms with Crippen molar-refractivity contribution in [2.24, 2.45) is 0 Å². The minimum atomic E-state index is -0.123. The van der Waals surface area contributed by atoms with Gasteiger partial charge in [-0.2, -0.15) is 0 Å². The molecule has 1 aliphatic heterocycles. The zero-order valence-electron chi connectivity index (χ0n) is 3.89. The van der Waals surface area contributed by atoms with E-state index in [0.29, 0.717) is 6.42 Å². The van der Waals surface area contributed by atoms with Crippen LogP contribution in [0.1, 0.15) is 12.8 Å². The van der Waals surface area contributed by atoms with Gasteiger partial charge in [0.05, 0.1) is 6.26 Å². The quantitative estimate of drug-likeness (QED) is 0.419. The fourth-order valence-corrected chi connectivity index (χ4v) is 0.452. The van der Waals surface area contributed by atoms with Crippen molar-refractivity contribution < 1.29 is 9.53 Å². The molecule has 0 spiro atoms. The molecule has 2 nitrogen and oxygen atoms in total. The fourth-order valence-electron chi connectivity index (χ4n) is 0.452. The van der Waals surface area contributed by atoms with E-state index in [1.807, 2.05) is 6.08 Å². The molecule has 0 radical (unpaired) electrons. The van der Waals surface area contributed by atoms with Gasteiger partial charge in [-0.25, -0.2) is 0 Å². The summed E-state index contributed by atoms with van der Waals surface area (Å²) in [4.78, 5) is 10.2. The third kappa shape index (κ3) is 1.03. The number of carbonyl (C=O) groups excluding carboxylic acids is 1.